The van der Waals surface area contributed by atoms with E-state index in [1.807, 2.05) is 54.6 Å². The van der Waals surface area contributed by atoms with Crippen LogP contribution in [0, 0.1) is 5.41 Å². The molecule has 1 fully saturated rings. The predicted octanol–water partition coefficient (Wildman–Crippen LogP) is 3.22. The van der Waals surface area contributed by atoms with Crippen molar-refractivity contribution in [3.63, 3.8) is 0 Å². The molecule has 1 atom stereocenters. The van der Waals surface area contributed by atoms with Gasteiger partial charge in [-0.3, -0.25) is 0 Å². The van der Waals surface area contributed by atoms with Crippen LogP contribution in [-0.2, 0) is 0 Å². The molecule has 0 aromatic heterocycles. The number of ether oxygens (including phenoxy) is 1. The van der Waals surface area contributed by atoms with E-state index in [1.165, 1.54) is 0 Å². The molecule has 0 bridgehead atoms. The summed E-state index contributed by atoms with van der Waals surface area (Å²) >= 11 is 0. The van der Waals surface area contributed by atoms with E-state index in [9.17, 15) is 0 Å². The van der Waals surface area contributed by atoms with Gasteiger partial charge in [0.1, 0.15) is 11.5 Å². The van der Waals surface area contributed by atoms with Crippen molar-refractivity contribution in [3.05, 3.63) is 60.2 Å². The lowest BCUT2D eigenvalue weighted by Crippen LogP contribution is -2.29. The van der Waals surface area contributed by atoms with Gasteiger partial charge < -0.3 is 16.2 Å². The van der Waals surface area contributed by atoms with Gasteiger partial charge in [-0.25, -0.2) is 0 Å². The van der Waals surface area contributed by atoms with Crippen molar-refractivity contribution < 1.29 is 4.74 Å². The Balaban J connectivity index is 1.72. The molecule has 1 unspecified atom stereocenters. The highest BCUT2D eigenvalue weighted by molar-refractivity contribution is 5.35. The molecule has 0 radical (unpaired) electrons. The number of benzene rings is 2. The Labute approximate surface area is 119 Å². The van der Waals surface area contributed by atoms with E-state index in [4.69, 9.17) is 16.2 Å². The molecule has 1 aliphatic carbocycles. The maximum atomic E-state index is 6.33. The number of rotatable bonds is 5. The zero-order valence-electron chi connectivity index (χ0n) is 11.5. The van der Waals surface area contributed by atoms with Gasteiger partial charge in [0, 0.05) is 11.5 Å². The fourth-order valence-electron chi connectivity index (χ4n) is 2.52. The summed E-state index contributed by atoms with van der Waals surface area (Å²) in [6.45, 7) is 0.663. The van der Waals surface area contributed by atoms with Gasteiger partial charge in [0.2, 0.25) is 0 Å². The Hall–Kier alpha value is -1.84. The Bertz CT molecular complexity index is 561. The Morgan fingerprint density at radius 3 is 2.10 bits per heavy atom. The van der Waals surface area contributed by atoms with Crippen LogP contribution in [0.15, 0.2) is 54.6 Å². The van der Waals surface area contributed by atoms with E-state index in [0.717, 1.165) is 29.9 Å². The predicted molar refractivity (Wildman–Crippen MR) is 80.6 cm³/mol. The van der Waals surface area contributed by atoms with Crippen LogP contribution in [0.1, 0.15) is 24.4 Å². The monoisotopic (exact) mass is 268 g/mol. The van der Waals surface area contributed by atoms with Gasteiger partial charge in [-0.15, -0.1) is 0 Å². The summed E-state index contributed by atoms with van der Waals surface area (Å²) in [5, 5.41) is 0. The topological polar surface area (TPSA) is 61.3 Å². The second-order valence-electron chi connectivity index (χ2n) is 5.53. The summed E-state index contributed by atoms with van der Waals surface area (Å²) in [6.07, 6.45) is 2.26. The molecular formula is C17H20N2O. The fourth-order valence-corrected chi connectivity index (χ4v) is 2.52. The minimum absolute atomic E-state index is 0.0262. The highest BCUT2D eigenvalue weighted by atomic mass is 16.5. The van der Waals surface area contributed by atoms with Crippen LogP contribution in [0.3, 0.4) is 0 Å². The van der Waals surface area contributed by atoms with Gasteiger partial charge in [-0.05, 0) is 49.2 Å². The number of nitrogens with two attached hydrogens (primary N) is 2. The van der Waals surface area contributed by atoms with Crippen LogP contribution in [0.4, 0.5) is 0 Å². The maximum absolute atomic E-state index is 6.33. The van der Waals surface area contributed by atoms with Crippen LogP contribution in [0.2, 0.25) is 0 Å². The molecule has 104 valence electrons. The van der Waals surface area contributed by atoms with Crippen LogP contribution in [0.25, 0.3) is 0 Å². The van der Waals surface area contributed by atoms with Crippen molar-refractivity contribution in [2.24, 2.45) is 16.9 Å². The van der Waals surface area contributed by atoms with E-state index in [0.29, 0.717) is 6.54 Å². The lowest BCUT2D eigenvalue weighted by atomic mass is 9.91. The molecule has 3 rings (SSSR count). The first-order valence-electron chi connectivity index (χ1n) is 7.02. The summed E-state index contributed by atoms with van der Waals surface area (Å²) in [5.41, 5.74) is 13.4. The molecule has 0 saturated heterocycles. The van der Waals surface area contributed by atoms with Crippen molar-refractivity contribution in [2.45, 2.75) is 18.9 Å². The van der Waals surface area contributed by atoms with E-state index in [-0.39, 0.29) is 11.5 Å². The third-order valence-electron chi connectivity index (χ3n) is 4.18. The highest BCUT2D eigenvalue weighted by Crippen LogP contribution is 2.52. The molecule has 2 aromatic rings. The van der Waals surface area contributed by atoms with Crippen molar-refractivity contribution in [1.29, 1.82) is 0 Å². The molecule has 2 aromatic carbocycles. The van der Waals surface area contributed by atoms with Gasteiger partial charge in [-0.1, -0.05) is 30.3 Å². The van der Waals surface area contributed by atoms with Crippen LogP contribution >= 0.6 is 0 Å². The first kappa shape index (κ1) is 13.2. The van der Waals surface area contributed by atoms with Gasteiger partial charge >= 0.3 is 0 Å². The quantitative estimate of drug-likeness (QED) is 0.875. The molecule has 3 heteroatoms. The van der Waals surface area contributed by atoms with Gasteiger partial charge in [0.25, 0.3) is 0 Å². The minimum atomic E-state index is 0.0262. The Morgan fingerprint density at radius 1 is 0.950 bits per heavy atom. The lowest BCUT2D eigenvalue weighted by molar-refractivity contribution is 0.418. The van der Waals surface area contributed by atoms with Crippen LogP contribution in [0.5, 0.6) is 11.5 Å². The SMILES string of the molecule is NCC1(C(N)c2ccc(Oc3ccccc3)cc2)CC1. The molecule has 1 aliphatic rings. The lowest BCUT2D eigenvalue weighted by Gasteiger charge is -2.22. The molecule has 0 spiro atoms. The summed E-state index contributed by atoms with van der Waals surface area (Å²) in [5.74, 6) is 1.66. The summed E-state index contributed by atoms with van der Waals surface area (Å²) in [6, 6.07) is 17.8. The molecule has 0 amide bonds. The van der Waals surface area contributed by atoms with Crippen molar-refractivity contribution in [3.8, 4) is 11.5 Å². The summed E-state index contributed by atoms with van der Waals surface area (Å²) in [4.78, 5) is 0. The number of para-hydroxylation sites is 1. The van der Waals surface area contributed by atoms with Gasteiger partial charge in [-0.2, -0.15) is 0 Å². The van der Waals surface area contributed by atoms with Crippen molar-refractivity contribution in [2.75, 3.05) is 6.54 Å². The third-order valence-corrected chi connectivity index (χ3v) is 4.18. The molecule has 0 aliphatic heterocycles. The number of hydrogen-bond acceptors (Lipinski definition) is 3. The second-order valence-corrected chi connectivity index (χ2v) is 5.53. The van der Waals surface area contributed by atoms with E-state index < -0.39 is 0 Å². The van der Waals surface area contributed by atoms with E-state index >= 15 is 0 Å². The first-order valence-corrected chi connectivity index (χ1v) is 7.02. The Kier molecular flexibility index (Phi) is 3.47. The second kappa shape index (κ2) is 5.27. The molecular weight excluding hydrogens is 248 g/mol. The normalized spacial score (nSPS) is 17.5. The molecule has 3 nitrogen and oxygen atoms in total. The summed E-state index contributed by atoms with van der Waals surface area (Å²) in [7, 11) is 0. The van der Waals surface area contributed by atoms with Crippen molar-refractivity contribution in [1.82, 2.24) is 0 Å². The largest absolute Gasteiger partial charge is 0.457 e. The van der Waals surface area contributed by atoms with Gasteiger partial charge in [0.05, 0.1) is 0 Å². The molecule has 1 saturated carbocycles. The molecule has 20 heavy (non-hydrogen) atoms. The smallest absolute Gasteiger partial charge is 0.127 e. The third kappa shape index (κ3) is 2.55. The zero-order valence-corrected chi connectivity index (χ0v) is 11.5. The zero-order chi connectivity index (χ0) is 14.0. The maximum Gasteiger partial charge on any atom is 0.127 e. The fraction of sp³-hybridized carbons (Fsp3) is 0.294. The van der Waals surface area contributed by atoms with E-state index in [1.54, 1.807) is 0 Å². The van der Waals surface area contributed by atoms with Gasteiger partial charge in [0.15, 0.2) is 0 Å². The minimum Gasteiger partial charge on any atom is -0.457 e. The standard InChI is InChI=1S/C17H20N2O/c18-12-17(10-11-17)16(19)13-6-8-15(9-7-13)20-14-4-2-1-3-5-14/h1-9,16H,10-12,18-19H2. The average Bonchev–Trinajstić information content (AvgIpc) is 3.30. The van der Waals surface area contributed by atoms with Crippen LogP contribution < -0.4 is 16.2 Å². The first-order chi connectivity index (χ1) is 9.73. The van der Waals surface area contributed by atoms with E-state index in [2.05, 4.69) is 0 Å². The summed E-state index contributed by atoms with van der Waals surface area (Å²) < 4.78 is 5.78. The Morgan fingerprint density at radius 2 is 1.55 bits per heavy atom. The molecule has 4 N–H and O–H groups in total. The van der Waals surface area contributed by atoms with Crippen molar-refractivity contribution >= 4 is 0 Å². The number of hydrogen-bond donors (Lipinski definition) is 2. The van der Waals surface area contributed by atoms with Crippen LogP contribution in [-0.4, -0.2) is 6.54 Å². The molecule has 0 heterocycles. The highest BCUT2D eigenvalue weighted by Gasteiger charge is 2.47. The average molecular weight is 268 g/mol.